The zero-order valence-electron chi connectivity index (χ0n) is 17.7. The number of methoxy groups -OCH3 is 2. The Labute approximate surface area is 169 Å². The summed E-state index contributed by atoms with van der Waals surface area (Å²) in [4.78, 5) is 0. The molecule has 2 aromatic carbocycles. The molecule has 152 valence electrons. The van der Waals surface area contributed by atoms with Gasteiger partial charge in [0, 0.05) is 5.92 Å². The van der Waals surface area contributed by atoms with E-state index in [1.165, 1.54) is 11.1 Å². The number of unbranched alkanes of at least 4 members (excludes halogenated alkanes) is 1. The molecule has 3 atom stereocenters. The number of hydrogen-bond donors (Lipinski definition) is 1. The number of ether oxygens (including phenoxy) is 2. The molecule has 0 saturated heterocycles. The molecule has 3 rings (SSSR count). The second-order valence-corrected chi connectivity index (χ2v) is 8.08. The number of aryl methyl sites for hydroxylation is 1. The molecule has 0 heterocycles. The predicted octanol–water partition coefficient (Wildman–Crippen LogP) is 5.73. The topological polar surface area (TPSA) is 38.7 Å². The fraction of sp³-hybridized carbons (Fsp3) is 0.520. The first-order valence-electron chi connectivity index (χ1n) is 10.6. The van der Waals surface area contributed by atoms with Gasteiger partial charge in [0.05, 0.1) is 20.3 Å². The summed E-state index contributed by atoms with van der Waals surface area (Å²) in [5.41, 5.74) is 3.54. The lowest BCUT2D eigenvalue weighted by molar-refractivity contribution is -0.00160. The van der Waals surface area contributed by atoms with Gasteiger partial charge in [-0.25, -0.2) is 0 Å². The highest BCUT2D eigenvalue weighted by Crippen LogP contribution is 2.49. The average Bonchev–Trinajstić information content (AvgIpc) is 2.86. The van der Waals surface area contributed by atoms with Crippen LogP contribution in [-0.2, 0) is 6.42 Å². The van der Waals surface area contributed by atoms with Gasteiger partial charge in [-0.05, 0) is 72.1 Å². The maximum Gasteiger partial charge on any atom is 0.119 e. The zero-order chi connectivity index (χ0) is 20.1. The normalized spacial score (nSPS) is 24.3. The van der Waals surface area contributed by atoms with Crippen molar-refractivity contribution in [3.05, 3.63) is 59.2 Å². The van der Waals surface area contributed by atoms with E-state index in [1.807, 2.05) is 18.2 Å². The van der Waals surface area contributed by atoms with Gasteiger partial charge in [-0.15, -0.1) is 0 Å². The highest BCUT2D eigenvalue weighted by atomic mass is 16.5. The van der Waals surface area contributed by atoms with Crippen molar-refractivity contribution in [2.24, 2.45) is 5.41 Å². The molecule has 0 amide bonds. The van der Waals surface area contributed by atoms with Crippen LogP contribution in [0.15, 0.2) is 42.5 Å². The van der Waals surface area contributed by atoms with Crippen molar-refractivity contribution in [1.29, 1.82) is 0 Å². The van der Waals surface area contributed by atoms with Crippen molar-refractivity contribution in [3.63, 3.8) is 0 Å². The Morgan fingerprint density at radius 2 is 1.79 bits per heavy atom. The Morgan fingerprint density at radius 1 is 1.04 bits per heavy atom. The SMILES string of the molecule is CCCC[C@]1(CC)CCc2ccc(OC)cc2[C@H](c2cccc(OC)c2)[C@@H]1O. The van der Waals surface area contributed by atoms with Crippen LogP contribution in [0.25, 0.3) is 0 Å². The van der Waals surface area contributed by atoms with Crippen LogP contribution in [0.5, 0.6) is 11.5 Å². The van der Waals surface area contributed by atoms with E-state index in [2.05, 4.69) is 38.1 Å². The van der Waals surface area contributed by atoms with Gasteiger partial charge in [0.1, 0.15) is 11.5 Å². The molecule has 0 spiro atoms. The summed E-state index contributed by atoms with van der Waals surface area (Å²) < 4.78 is 11.0. The van der Waals surface area contributed by atoms with Gasteiger partial charge >= 0.3 is 0 Å². The van der Waals surface area contributed by atoms with E-state index in [1.54, 1.807) is 14.2 Å². The van der Waals surface area contributed by atoms with Crippen molar-refractivity contribution in [2.75, 3.05) is 14.2 Å². The predicted molar refractivity (Wildman–Crippen MR) is 114 cm³/mol. The largest absolute Gasteiger partial charge is 0.497 e. The molecular weight excluding hydrogens is 348 g/mol. The van der Waals surface area contributed by atoms with Crippen molar-refractivity contribution in [1.82, 2.24) is 0 Å². The van der Waals surface area contributed by atoms with Crippen LogP contribution >= 0.6 is 0 Å². The number of benzene rings is 2. The van der Waals surface area contributed by atoms with E-state index in [9.17, 15) is 5.11 Å². The summed E-state index contributed by atoms with van der Waals surface area (Å²) in [7, 11) is 3.39. The number of hydrogen-bond acceptors (Lipinski definition) is 3. The third-order valence-corrected chi connectivity index (χ3v) is 6.71. The summed E-state index contributed by atoms with van der Waals surface area (Å²) in [6, 6.07) is 14.5. The molecule has 28 heavy (non-hydrogen) atoms. The van der Waals surface area contributed by atoms with Gasteiger partial charge in [0.15, 0.2) is 0 Å². The van der Waals surface area contributed by atoms with Crippen molar-refractivity contribution in [2.45, 2.75) is 64.4 Å². The van der Waals surface area contributed by atoms with Crippen LogP contribution in [0, 0.1) is 5.41 Å². The number of aliphatic hydroxyl groups excluding tert-OH is 1. The Kier molecular flexibility index (Phi) is 6.66. The molecule has 1 N–H and O–H groups in total. The lowest BCUT2D eigenvalue weighted by Gasteiger charge is -2.40. The van der Waals surface area contributed by atoms with E-state index in [4.69, 9.17) is 9.47 Å². The van der Waals surface area contributed by atoms with Crippen LogP contribution < -0.4 is 9.47 Å². The first-order valence-corrected chi connectivity index (χ1v) is 10.6. The highest BCUT2D eigenvalue weighted by Gasteiger charge is 2.44. The summed E-state index contributed by atoms with van der Waals surface area (Å²) in [5, 5.41) is 11.8. The fourth-order valence-electron chi connectivity index (χ4n) is 4.83. The second-order valence-electron chi connectivity index (χ2n) is 8.08. The molecule has 0 aliphatic heterocycles. The molecule has 0 aromatic heterocycles. The first kappa shape index (κ1) is 20.7. The van der Waals surface area contributed by atoms with Crippen LogP contribution in [0.2, 0.25) is 0 Å². The smallest absolute Gasteiger partial charge is 0.119 e. The van der Waals surface area contributed by atoms with Crippen molar-refractivity contribution in [3.8, 4) is 11.5 Å². The summed E-state index contributed by atoms with van der Waals surface area (Å²) in [6.07, 6.45) is 5.92. The maximum atomic E-state index is 11.8. The standard InChI is InChI=1S/C25H34O3/c1-5-7-14-25(6-2)15-13-18-11-12-21(28-4)17-22(18)23(24(25)26)19-9-8-10-20(16-19)27-3/h8-12,16-17,23-24,26H,5-7,13-15H2,1-4H3/t23-,24-,25+/m0/s1. The Hall–Kier alpha value is -2.00. The van der Waals surface area contributed by atoms with Crippen LogP contribution in [0.3, 0.4) is 0 Å². The van der Waals surface area contributed by atoms with Crippen LogP contribution in [-0.4, -0.2) is 25.4 Å². The minimum absolute atomic E-state index is 0.0734. The molecule has 0 saturated carbocycles. The monoisotopic (exact) mass is 382 g/mol. The third-order valence-electron chi connectivity index (χ3n) is 6.71. The van der Waals surface area contributed by atoms with Gasteiger partial charge in [0.25, 0.3) is 0 Å². The van der Waals surface area contributed by atoms with E-state index in [-0.39, 0.29) is 11.3 Å². The molecule has 0 fully saturated rings. The molecule has 3 nitrogen and oxygen atoms in total. The van der Waals surface area contributed by atoms with Crippen LogP contribution in [0.4, 0.5) is 0 Å². The van der Waals surface area contributed by atoms with Crippen molar-refractivity contribution < 1.29 is 14.6 Å². The van der Waals surface area contributed by atoms with E-state index in [0.29, 0.717) is 0 Å². The van der Waals surface area contributed by atoms with Crippen molar-refractivity contribution >= 4 is 0 Å². The van der Waals surface area contributed by atoms with E-state index >= 15 is 0 Å². The molecule has 1 aliphatic rings. The highest BCUT2D eigenvalue weighted by molar-refractivity contribution is 5.46. The van der Waals surface area contributed by atoms with Gasteiger partial charge in [-0.2, -0.15) is 0 Å². The number of rotatable bonds is 7. The first-order chi connectivity index (χ1) is 13.6. The van der Waals surface area contributed by atoms with Gasteiger partial charge in [-0.3, -0.25) is 0 Å². The van der Waals surface area contributed by atoms with Gasteiger partial charge in [0.2, 0.25) is 0 Å². The van der Waals surface area contributed by atoms with E-state index < -0.39 is 6.10 Å². The molecular formula is C25H34O3. The molecule has 0 unspecified atom stereocenters. The average molecular weight is 383 g/mol. The minimum Gasteiger partial charge on any atom is -0.497 e. The molecule has 2 aromatic rings. The van der Waals surface area contributed by atoms with Crippen LogP contribution in [0.1, 0.15) is 68.6 Å². The molecule has 0 radical (unpaired) electrons. The Bertz CT molecular complexity index is 785. The zero-order valence-corrected chi connectivity index (χ0v) is 17.7. The maximum absolute atomic E-state index is 11.8. The number of aliphatic hydroxyl groups is 1. The van der Waals surface area contributed by atoms with Gasteiger partial charge in [-0.1, -0.05) is 44.9 Å². The van der Waals surface area contributed by atoms with Gasteiger partial charge < -0.3 is 14.6 Å². The quantitative estimate of drug-likeness (QED) is 0.622. The third kappa shape index (κ3) is 3.91. The lowest BCUT2D eigenvalue weighted by atomic mass is 9.67. The molecule has 3 heteroatoms. The summed E-state index contributed by atoms with van der Waals surface area (Å²) >= 11 is 0. The molecule has 0 bridgehead atoms. The number of fused-ring (bicyclic) bond motifs is 1. The second kappa shape index (κ2) is 9.00. The molecule has 1 aliphatic carbocycles. The summed E-state index contributed by atoms with van der Waals surface area (Å²) in [6.45, 7) is 4.46. The summed E-state index contributed by atoms with van der Waals surface area (Å²) in [5.74, 6) is 1.59. The Morgan fingerprint density at radius 3 is 2.46 bits per heavy atom. The Balaban J connectivity index is 2.16. The minimum atomic E-state index is -0.440. The van der Waals surface area contributed by atoms with E-state index in [0.717, 1.165) is 55.6 Å². The lowest BCUT2D eigenvalue weighted by Crippen LogP contribution is -2.38. The fourth-order valence-corrected chi connectivity index (χ4v) is 4.83.